The lowest BCUT2D eigenvalue weighted by molar-refractivity contribution is 0.592. The molecule has 0 spiro atoms. The van der Waals surface area contributed by atoms with Crippen molar-refractivity contribution in [3.05, 3.63) is 47.1 Å². The second-order valence-corrected chi connectivity index (χ2v) is 5.90. The van der Waals surface area contributed by atoms with Crippen LogP contribution in [0.3, 0.4) is 0 Å². The summed E-state index contributed by atoms with van der Waals surface area (Å²) in [4.78, 5) is 7.09. The Balaban J connectivity index is 2.30. The molecule has 2 aromatic rings. The third kappa shape index (κ3) is 3.02. The van der Waals surface area contributed by atoms with Gasteiger partial charge in [0.05, 0.1) is 6.20 Å². The van der Waals surface area contributed by atoms with E-state index < -0.39 is 15.8 Å². The van der Waals surface area contributed by atoms with Crippen LogP contribution >= 0.6 is 15.9 Å². The fourth-order valence-corrected chi connectivity index (χ4v) is 2.39. The highest BCUT2D eigenvalue weighted by molar-refractivity contribution is 9.10. The molecule has 0 bridgehead atoms. The first-order valence-corrected chi connectivity index (χ1v) is 7.00. The largest absolute Gasteiger partial charge is 0.264 e. The van der Waals surface area contributed by atoms with Crippen molar-refractivity contribution in [1.29, 1.82) is 0 Å². The van der Waals surface area contributed by atoms with E-state index in [0.717, 1.165) is 22.9 Å². The molecule has 8 heteroatoms. The molecule has 94 valence electrons. The van der Waals surface area contributed by atoms with Gasteiger partial charge >= 0.3 is 0 Å². The maximum atomic E-state index is 12.9. The number of rotatable bonds is 3. The summed E-state index contributed by atoms with van der Waals surface area (Å²) in [6, 6.07) is 4.00. The number of nitrogens with one attached hydrogen (secondary N) is 1. The van der Waals surface area contributed by atoms with Crippen molar-refractivity contribution < 1.29 is 12.8 Å². The van der Waals surface area contributed by atoms with Crippen molar-refractivity contribution in [2.45, 2.75) is 4.90 Å². The average Bonchev–Trinajstić information content (AvgIpc) is 2.32. The van der Waals surface area contributed by atoms with Crippen LogP contribution in [0, 0.1) is 5.82 Å². The number of anilines is 1. The zero-order valence-corrected chi connectivity index (χ0v) is 11.2. The molecule has 0 aliphatic carbocycles. The highest BCUT2D eigenvalue weighted by Crippen LogP contribution is 2.15. The van der Waals surface area contributed by atoms with Crippen molar-refractivity contribution >= 4 is 31.8 Å². The van der Waals surface area contributed by atoms with Crippen LogP contribution in [0.1, 0.15) is 0 Å². The monoisotopic (exact) mass is 331 g/mol. The molecular weight excluding hydrogens is 325 g/mol. The van der Waals surface area contributed by atoms with E-state index in [1.54, 1.807) is 6.07 Å². The topological polar surface area (TPSA) is 72.0 Å². The Bertz CT molecular complexity index is 661. The number of sulfonamides is 1. The van der Waals surface area contributed by atoms with E-state index in [2.05, 4.69) is 30.6 Å². The Hall–Kier alpha value is -1.54. The molecule has 2 heterocycles. The van der Waals surface area contributed by atoms with E-state index in [1.807, 2.05) is 0 Å². The lowest BCUT2D eigenvalue weighted by Crippen LogP contribution is -2.14. The van der Waals surface area contributed by atoms with Crippen LogP contribution in [-0.4, -0.2) is 18.4 Å². The molecule has 0 fully saturated rings. The number of halogens is 2. The van der Waals surface area contributed by atoms with Gasteiger partial charge < -0.3 is 0 Å². The van der Waals surface area contributed by atoms with Gasteiger partial charge in [-0.1, -0.05) is 0 Å². The molecule has 0 amide bonds. The maximum Gasteiger partial charge on any atom is 0.264 e. The van der Waals surface area contributed by atoms with Gasteiger partial charge in [0.25, 0.3) is 10.0 Å². The van der Waals surface area contributed by atoms with Gasteiger partial charge in [0, 0.05) is 16.9 Å². The van der Waals surface area contributed by atoms with E-state index in [9.17, 15) is 12.8 Å². The standard InChI is InChI=1S/C10H7BrFN3O2S/c11-7-1-2-10(14-4-7)15-18(16,17)9-3-8(12)5-13-6-9/h1-6H,(H,14,15). The number of hydrogen-bond donors (Lipinski definition) is 1. The van der Waals surface area contributed by atoms with Crippen molar-refractivity contribution in [2.75, 3.05) is 4.72 Å². The fourth-order valence-electron chi connectivity index (χ4n) is 1.17. The summed E-state index contributed by atoms with van der Waals surface area (Å²) < 4.78 is 39.6. The summed E-state index contributed by atoms with van der Waals surface area (Å²) in [6.45, 7) is 0. The highest BCUT2D eigenvalue weighted by atomic mass is 79.9. The minimum atomic E-state index is -3.88. The van der Waals surface area contributed by atoms with Crippen LogP contribution in [0.4, 0.5) is 10.2 Å². The molecule has 0 saturated heterocycles. The van der Waals surface area contributed by atoms with Gasteiger partial charge in [-0.3, -0.25) is 9.71 Å². The van der Waals surface area contributed by atoms with Gasteiger partial charge in [0.1, 0.15) is 16.5 Å². The number of nitrogens with zero attached hydrogens (tertiary/aromatic N) is 2. The zero-order chi connectivity index (χ0) is 13.2. The predicted molar refractivity (Wildman–Crippen MR) is 66.9 cm³/mol. The molecule has 2 rings (SSSR count). The highest BCUT2D eigenvalue weighted by Gasteiger charge is 2.15. The van der Waals surface area contributed by atoms with E-state index in [1.165, 1.54) is 12.3 Å². The van der Waals surface area contributed by atoms with Crippen LogP contribution < -0.4 is 4.72 Å². The van der Waals surface area contributed by atoms with Crippen molar-refractivity contribution in [3.8, 4) is 0 Å². The van der Waals surface area contributed by atoms with Crippen molar-refractivity contribution in [3.63, 3.8) is 0 Å². The van der Waals surface area contributed by atoms with Gasteiger partial charge in [-0.2, -0.15) is 0 Å². The molecule has 2 aromatic heterocycles. The molecule has 0 aromatic carbocycles. The number of pyridine rings is 2. The second-order valence-electron chi connectivity index (χ2n) is 3.31. The molecule has 0 radical (unpaired) electrons. The summed E-state index contributed by atoms with van der Waals surface area (Å²) in [5, 5.41) is 0. The van der Waals surface area contributed by atoms with Crippen LogP contribution in [0.2, 0.25) is 0 Å². The fraction of sp³-hybridized carbons (Fsp3) is 0. The molecule has 0 atom stereocenters. The van der Waals surface area contributed by atoms with Crippen LogP contribution in [0.25, 0.3) is 0 Å². The lowest BCUT2D eigenvalue weighted by atomic mass is 10.5. The number of aromatic nitrogens is 2. The Labute approximate surface area is 111 Å². The van der Waals surface area contributed by atoms with Crippen LogP contribution in [0.5, 0.6) is 0 Å². The molecule has 0 aliphatic heterocycles. The molecular formula is C10H7BrFN3O2S. The van der Waals surface area contributed by atoms with E-state index in [0.29, 0.717) is 0 Å². The first kappa shape index (κ1) is 12.9. The van der Waals surface area contributed by atoms with Gasteiger partial charge in [0.2, 0.25) is 0 Å². The summed E-state index contributed by atoms with van der Waals surface area (Å²) in [6.07, 6.45) is 3.43. The van der Waals surface area contributed by atoms with Crippen LogP contribution in [-0.2, 0) is 10.0 Å². The Morgan fingerprint density at radius 1 is 1.22 bits per heavy atom. The number of hydrogen-bond acceptors (Lipinski definition) is 4. The van der Waals surface area contributed by atoms with Gasteiger partial charge in [-0.15, -0.1) is 0 Å². The maximum absolute atomic E-state index is 12.9. The van der Waals surface area contributed by atoms with Gasteiger partial charge in [-0.05, 0) is 34.1 Å². The first-order valence-electron chi connectivity index (χ1n) is 4.72. The average molecular weight is 332 g/mol. The summed E-state index contributed by atoms with van der Waals surface area (Å²) in [5.41, 5.74) is 0. The van der Waals surface area contributed by atoms with Gasteiger partial charge in [0.15, 0.2) is 0 Å². The van der Waals surface area contributed by atoms with Crippen molar-refractivity contribution in [2.24, 2.45) is 0 Å². The molecule has 5 nitrogen and oxygen atoms in total. The predicted octanol–water partition coefficient (Wildman–Crippen LogP) is 2.18. The summed E-state index contributed by atoms with van der Waals surface area (Å²) >= 11 is 3.18. The molecule has 18 heavy (non-hydrogen) atoms. The molecule has 0 unspecified atom stereocenters. The minimum Gasteiger partial charge on any atom is -0.263 e. The summed E-state index contributed by atoms with van der Waals surface area (Å²) in [7, 11) is -3.88. The Morgan fingerprint density at radius 3 is 2.61 bits per heavy atom. The van der Waals surface area contributed by atoms with Crippen molar-refractivity contribution in [1.82, 2.24) is 9.97 Å². The SMILES string of the molecule is O=S(=O)(Nc1ccc(Br)cn1)c1cncc(F)c1. The quantitative estimate of drug-likeness (QED) is 0.935. The summed E-state index contributed by atoms with van der Waals surface area (Å²) in [5.74, 6) is -0.580. The molecule has 1 N–H and O–H groups in total. The Morgan fingerprint density at radius 2 is 2.00 bits per heavy atom. The van der Waals surface area contributed by atoms with E-state index in [4.69, 9.17) is 0 Å². The van der Waals surface area contributed by atoms with Gasteiger partial charge in [-0.25, -0.2) is 17.8 Å². The lowest BCUT2D eigenvalue weighted by Gasteiger charge is -2.06. The smallest absolute Gasteiger partial charge is 0.263 e. The van der Waals surface area contributed by atoms with E-state index >= 15 is 0 Å². The zero-order valence-electron chi connectivity index (χ0n) is 8.84. The minimum absolute atomic E-state index is 0.141. The third-order valence-electron chi connectivity index (χ3n) is 1.96. The van der Waals surface area contributed by atoms with E-state index in [-0.39, 0.29) is 10.7 Å². The Kier molecular flexibility index (Phi) is 3.58. The third-order valence-corrected chi connectivity index (χ3v) is 3.75. The second kappa shape index (κ2) is 4.99. The first-order chi connectivity index (χ1) is 8.47. The normalized spacial score (nSPS) is 11.2. The molecule has 0 aliphatic rings. The van der Waals surface area contributed by atoms with Crippen LogP contribution in [0.15, 0.2) is 46.2 Å². The molecule has 0 saturated carbocycles.